The maximum Gasteiger partial charge on any atom is 0.243 e. The number of sulfonamides is 1. The molecule has 0 radical (unpaired) electrons. The summed E-state index contributed by atoms with van der Waals surface area (Å²) in [6.07, 6.45) is 3.88. The van der Waals surface area contributed by atoms with Crippen molar-refractivity contribution in [3.05, 3.63) is 47.5 Å². The van der Waals surface area contributed by atoms with Crippen LogP contribution in [0.2, 0.25) is 0 Å². The molecular weight excluding hydrogens is 360 g/mol. The smallest absolute Gasteiger partial charge is 0.243 e. The molecule has 1 aromatic heterocycles. The maximum atomic E-state index is 13.0. The minimum atomic E-state index is -3.42. The van der Waals surface area contributed by atoms with Gasteiger partial charge in [0.2, 0.25) is 10.0 Å². The third-order valence-corrected chi connectivity index (χ3v) is 7.25. The molecule has 1 saturated heterocycles. The van der Waals surface area contributed by atoms with Gasteiger partial charge in [-0.25, -0.2) is 13.4 Å². The van der Waals surface area contributed by atoms with Crippen molar-refractivity contribution in [1.29, 1.82) is 0 Å². The van der Waals surface area contributed by atoms with Crippen LogP contribution in [-0.2, 0) is 16.6 Å². The predicted octanol–water partition coefficient (Wildman–Crippen LogP) is 2.63. The predicted molar refractivity (Wildman–Crippen MR) is 107 cm³/mol. The summed E-state index contributed by atoms with van der Waals surface area (Å²) >= 11 is 0. The summed E-state index contributed by atoms with van der Waals surface area (Å²) in [7, 11) is -3.42. The van der Waals surface area contributed by atoms with E-state index >= 15 is 0 Å². The van der Waals surface area contributed by atoms with Crippen LogP contribution in [0.15, 0.2) is 35.5 Å². The summed E-state index contributed by atoms with van der Waals surface area (Å²) in [6, 6.07) is 5.62. The van der Waals surface area contributed by atoms with Crippen molar-refractivity contribution < 1.29 is 8.42 Å². The van der Waals surface area contributed by atoms with Crippen molar-refractivity contribution in [1.82, 2.24) is 18.8 Å². The first-order chi connectivity index (χ1) is 12.8. The first-order valence-electron chi connectivity index (χ1n) is 9.60. The first kappa shape index (κ1) is 20.0. The Hall–Kier alpha value is -1.70. The minimum Gasteiger partial charge on any atom is -0.333 e. The van der Waals surface area contributed by atoms with Crippen LogP contribution in [0.3, 0.4) is 0 Å². The van der Waals surface area contributed by atoms with Gasteiger partial charge < -0.3 is 4.57 Å². The summed E-state index contributed by atoms with van der Waals surface area (Å²) in [5.74, 6) is 1.51. The summed E-state index contributed by atoms with van der Waals surface area (Å²) in [4.78, 5) is 7.20. The van der Waals surface area contributed by atoms with E-state index in [9.17, 15) is 8.42 Å². The van der Waals surface area contributed by atoms with Gasteiger partial charge in [-0.2, -0.15) is 4.31 Å². The van der Waals surface area contributed by atoms with Gasteiger partial charge in [0, 0.05) is 57.6 Å². The van der Waals surface area contributed by atoms with Gasteiger partial charge in [0.05, 0.1) is 4.90 Å². The number of rotatable bonds is 6. The molecule has 2 heterocycles. The molecule has 0 atom stereocenters. The molecule has 148 valence electrons. The molecule has 0 saturated carbocycles. The zero-order chi connectivity index (χ0) is 19.6. The van der Waals surface area contributed by atoms with Crippen LogP contribution in [0, 0.1) is 13.8 Å². The van der Waals surface area contributed by atoms with Crippen LogP contribution in [0.5, 0.6) is 0 Å². The van der Waals surface area contributed by atoms with E-state index in [1.807, 2.05) is 38.4 Å². The van der Waals surface area contributed by atoms with Gasteiger partial charge in [-0.3, -0.25) is 4.90 Å². The van der Waals surface area contributed by atoms with Crippen molar-refractivity contribution in [3.63, 3.8) is 0 Å². The molecule has 0 unspecified atom stereocenters. The van der Waals surface area contributed by atoms with Crippen molar-refractivity contribution in [2.75, 3.05) is 32.7 Å². The molecule has 0 amide bonds. The highest BCUT2D eigenvalue weighted by molar-refractivity contribution is 7.89. The lowest BCUT2D eigenvalue weighted by Crippen LogP contribution is -2.49. The number of piperazine rings is 1. The van der Waals surface area contributed by atoms with Gasteiger partial charge >= 0.3 is 0 Å². The van der Waals surface area contributed by atoms with Gasteiger partial charge in [0.1, 0.15) is 5.82 Å². The zero-order valence-corrected chi connectivity index (χ0v) is 17.5. The van der Waals surface area contributed by atoms with Gasteiger partial charge in [0.25, 0.3) is 0 Å². The SMILES string of the molecule is Cc1ccc(C)c(S(=O)(=O)N2CCN(CCn3ccnc3C(C)C)CC2)c1. The van der Waals surface area contributed by atoms with Crippen LogP contribution in [0.1, 0.15) is 36.7 Å². The monoisotopic (exact) mass is 390 g/mol. The molecule has 0 N–H and O–H groups in total. The molecule has 1 aromatic carbocycles. The fraction of sp³-hybridized carbons (Fsp3) is 0.550. The summed E-state index contributed by atoms with van der Waals surface area (Å²) in [6.45, 7) is 12.5. The lowest BCUT2D eigenvalue weighted by atomic mass is 10.2. The van der Waals surface area contributed by atoms with Crippen LogP contribution in [0.4, 0.5) is 0 Å². The summed E-state index contributed by atoms with van der Waals surface area (Å²) < 4.78 is 29.9. The first-order valence-corrected chi connectivity index (χ1v) is 11.0. The molecule has 6 nitrogen and oxygen atoms in total. The Morgan fingerprint density at radius 3 is 2.44 bits per heavy atom. The average Bonchev–Trinajstić information content (AvgIpc) is 3.11. The molecule has 3 rings (SSSR count). The minimum absolute atomic E-state index is 0.402. The molecule has 7 heteroatoms. The van der Waals surface area contributed by atoms with Crippen LogP contribution < -0.4 is 0 Å². The van der Waals surface area contributed by atoms with Gasteiger partial charge in [-0.1, -0.05) is 26.0 Å². The molecule has 0 aliphatic carbocycles. The summed E-state index contributed by atoms with van der Waals surface area (Å²) in [5.41, 5.74) is 1.78. The molecule has 1 aliphatic heterocycles. The third-order valence-electron chi connectivity index (χ3n) is 5.21. The molecule has 1 aliphatic rings. The van der Waals surface area contributed by atoms with Gasteiger partial charge in [-0.05, 0) is 31.0 Å². The van der Waals surface area contributed by atoms with Crippen LogP contribution in [-0.4, -0.2) is 59.9 Å². The van der Waals surface area contributed by atoms with Gasteiger partial charge in [-0.15, -0.1) is 0 Å². The van der Waals surface area contributed by atoms with Crippen molar-refractivity contribution >= 4 is 10.0 Å². The highest BCUT2D eigenvalue weighted by Crippen LogP contribution is 2.22. The molecule has 0 bridgehead atoms. The zero-order valence-electron chi connectivity index (χ0n) is 16.7. The Balaban J connectivity index is 1.60. The van der Waals surface area contributed by atoms with Gasteiger partial charge in [0.15, 0.2) is 0 Å². The number of imidazole rings is 1. The second kappa shape index (κ2) is 8.12. The fourth-order valence-corrected chi connectivity index (χ4v) is 5.31. The van der Waals surface area contributed by atoms with E-state index < -0.39 is 10.0 Å². The van der Waals surface area contributed by atoms with E-state index in [0.717, 1.165) is 43.1 Å². The maximum absolute atomic E-state index is 13.0. The lowest BCUT2D eigenvalue weighted by molar-refractivity contribution is 0.182. The Kier molecular flexibility index (Phi) is 6.03. The van der Waals surface area contributed by atoms with E-state index in [4.69, 9.17) is 0 Å². The Morgan fingerprint density at radius 2 is 1.78 bits per heavy atom. The third kappa shape index (κ3) is 4.42. The molecule has 1 fully saturated rings. The highest BCUT2D eigenvalue weighted by atomic mass is 32.2. The quantitative estimate of drug-likeness (QED) is 0.761. The second-order valence-electron chi connectivity index (χ2n) is 7.65. The molecular formula is C20H30N4O2S. The van der Waals surface area contributed by atoms with Crippen molar-refractivity contribution in [2.24, 2.45) is 0 Å². The topological polar surface area (TPSA) is 58.4 Å². The normalized spacial score (nSPS) is 16.9. The highest BCUT2D eigenvalue weighted by Gasteiger charge is 2.29. The largest absolute Gasteiger partial charge is 0.333 e. The van der Waals surface area contributed by atoms with Crippen LogP contribution >= 0.6 is 0 Å². The molecule has 27 heavy (non-hydrogen) atoms. The van der Waals surface area contributed by atoms with Crippen molar-refractivity contribution in [2.45, 2.75) is 45.1 Å². The number of nitrogens with zero attached hydrogens (tertiary/aromatic N) is 4. The number of benzene rings is 1. The second-order valence-corrected chi connectivity index (χ2v) is 9.55. The van der Waals surface area contributed by atoms with E-state index in [-0.39, 0.29) is 0 Å². The number of hydrogen-bond donors (Lipinski definition) is 0. The number of aryl methyl sites for hydroxylation is 2. The van der Waals surface area contributed by atoms with E-state index in [1.54, 1.807) is 10.4 Å². The van der Waals surface area contributed by atoms with Crippen LogP contribution in [0.25, 0.3) is 0 Å². The number of aromatic nitrogens is 2. The molecule has 0 spiro atoms. The Labute approximate surface area is 162 Å². The van der Waals surface area contributed by atoms with E-state index in [2.05, 4.69) is 28.3 Å². The standard InChI is InChI=1S/C20H30N4O2S/c1-16(2)20-21-7-8-23(20)12-9-22-10-13-24(14-11-22)27(25,26)19-15-17(3)5-6-18(19)4/h5-8,15-16H,9-14H2,1-4H3. The average molecular weight is 391 g/mol. The number of hydrogen-bond acceptors (Lipinski definition) is 4. The Bertz CT molecular complexity index is 881. The van der Waals surface area contributed by atoms with Crippen molar-refractivity contribution in [3.8, 4) is 0 Å². The lowest BCUT2D eigenvalue weighted by Gasteiger charge is -2.34. The van der Waals surface area contributed by atoms with E-state index in [0.29, 0.717) is 23.9 Å². The van der Waals surface area contributed by atoms with E-state index in [1.165, 1.54) is 0 Å². The summed E-state index contributed by atoms with van der Waals surface area (Å²) in [5, 5.41) is 0. The Morgan fingerprint density at radius 1 is 1.07 bits per heavy atom. The molecule has 2 aromatic rings. The fourth-order valence-electron chi connectivity index (χ4n) is 3.58.